The summed E-state index contributed by atoms with van der Waals surface area (Å²) in [6.45, 7) is 3.78. The molecule has 2 aliphatic rings. The molecule has 3 nitrogen and oxygen atoms in total. The molecule has 2 N–H and O–H groups in total. The lowest BCUT2D eigenvalue weighted by atomic mass is 9.84. The van der Waals surface area contributed by atoms with Crippen LogP contribution in [0.1, 0.15) is 38.5 Å². The Bertz CT molecular complexity index is 218. The summed E-state index contributed by atoms with van der Waals surface area (Å²) in [5, 5.41) is 0. The maximum atomic E-state index is 5.88. The van der Waals surface area contributed by atoms with Crippen LogP contribution >= 0.6 is 0 Å². The van der Waals surface area contributed by atoms with Gasteiger partial charge in [-0.1, -0.05) is 12.8 Å². The molecule has 0 heterocycles. The summed E-state index contributed by atoms with van der Waals surface area (Å²) < 4.78 is 5.72. The fraction of sp³-hybridized carbons (Fsp3) is 1.00. The second-order valence-electron chi connectivity index (χ2n) is 5.85. The van der Waals surface area contributed by atoms with E-state index in [1.807, 2.05) is 0 Å². The number of nitrogens with zero attached hydrogens (tertiary/aromatic N) is 1. The molecule has 2 saturated carbocycles. The number of hydrogen-bond donors (Lipinski definition) is 1. The van der Waals surface area contributed by atoms with Crippen molar-refractivity contribution in [2.24, 2.45) is 17.6 Å². The van der Waals surface area contributed by atoms with Gasteiger partial charge in [-0.3, -0.25) is 0 Å². The van der Waals surface area contributed by atoms with Gasteiger partial charge >= 0.3 is 0 Å². The number of rotatable bonds is 7. The van der Waals surface area contributed by atoms with Crippen LogP contribution in [0.25, 0.3) is 0 Å². The van der Waals surface area contributed by atoms with Crippen molar-refractivity contribution >= 4 is 0 Å². The molecule has 0 aliphatic heterocycles. The summed E-state index contributed by atoms with van der Waals surface area (Å²) in [7, 11) is 2.24. The topological polar surface area (TPSA) is 38.5 Å². The van der Waals surface area contributed by atoms with Gasteiger partial charge in [-0.15, -0.1) is 0 Å². The second-order valence-corrected chi connectivity index (χ2v) is 5.85. The SMILES string of the molecule is CN(CCOCC1CC1)C1CCCCC1CN. The average molecular weight is 240 g/mol. The van der Waals surface area contributed by atoms with Gasteiger partial charge in [0.25, 0.3) is 0 Å². The van der Waals surface area contributed by atoms with Crippen LogP contribution in [0.2, 0.25) is 0 Å². The van der Waals surface area contributed by atoms with E-state index in [1.165, 1.54) is 38.5 Å². The van der Waals surface area contributed by atoms with Crippen molar-refractivity contribution in [2.45, 2.75) is 44.6 Å². The molecular weight excluding hydrogens is 212 g/mol. The van der Waals surface area contributed by atoms with E-state index in [1.54, 1.807) is 0 Å². The summed E-state index contributed by atoms with van der Waals surface area (Å²) in [4.78, 5) is 2.48. The Kier molecular flexibility index (Phi) is 5.26. The highest BCUT2D eigenvalue weighted by atomic mass is 16.5. The number of ether oxygens (including phenoxy) is 1. The molecule has 2 atom stereocenters. The highest BCUT2D eigenvalue weighted by molar-refractivity contribution is 4.82. The Morgan fingerprint density at radius 2 is 1.94 bits per heavy atom. The van der Waals surface area contributed by atoms with Gasteiger partial charge in [0, 0.05) is 19.2 Å². The standard InChI is InChI=1S/C14H28N2O/c1-16(8-9-17-11-12-6-7-12)14-5-3-2-4-13(14)10-15/h12-14H,2-11,15H2,1H3. The molecule has 0 amide bonds. The predicted molar refractivity (Wildman–Crippen MR) is 71.0 cm³/mol. The van der Waals surface area contributed by atoms with Crippen LogP contribution < -0.4 is 5.73 Å². The Balaban J connectivity index is 1.63. The smallest absolute Gasteiger partial charge is 0.0593 e. The van der Waals surface area contributed by atoms with Crippen molar-refractivity contribution in [3.05, 3.63) is 0 Å². The van der Waals surface area contributed by atoms with E-state index >= 15 is 0 Å². The molecule has 0 spiro atoms. The van der Waals surface area contributed by atoms with Crippen molar-refractivity contribution in [1.29, 1.82) is 0 Å². The summed E-state index contributed by atoms with van der Waals surface area (Å²) in [5.41, 5.74) is 5.88. The van der Waals surface area contributed by atoms with Crippen LogP contribution in [0, 0.1) is 11.8 Å². The maximum Gasteiger partial charge on any atom is 0.0593 e. The fourth-order valence-electron chi connectivity index (χ4n) is 2.95. The molecule has 0 aromatic rings. The Morgan fingerprint density at radius 3 is 2.65 bits per heavy atom. The fourth-order valence-corrected chi connectivity index (χ4v) is 2.95. The summed E-state index contributed by atoms with van der Waals surface area (Å²) in [5.74, 6) is 1.59. The quantitative estimate of drug-likeness (QED) is 0.690. The van der Waals surface area contributed by atoms with Crippen LogP contribution in [0.4, 0.5) is 0 Å². The van der Waals surface area contributed by atoms with Gasteiger partial charge in [0.2, 0.25) is 0 Å². The molecule has 2 fully saturated rings. The summed E-state index contributed by atoms with van der Waals surface area (Å²) >= 11 is 0. The van der Waals surface area contributed by atoms with E-state index in [9.17, 15) is 0 Å². The van der Waals surface area contributed by atoms with Gasteiger partial charge in [0.15, 0.2) is 0 Å². The molecule has 2 unspecified atom stereocenters. The lowest BCUT2D eigenvalue weighted by Crippen LogP contribution is -2.44. The van der Waals surface area contributed by atoms with Crippen molar-refractivity contribution in [1.82, 2.24) is 4.90 Å². The minimum absolute atomic E-state index is 0.693. The zero-order chi connectivity index (χ0) is 12.1. The number of hydrogen-bond acceptors (Lipinski definition) is 3. The lowest BCUT2D eigenvalue weighted by Gasteiger charge is -2.37. The van der Waals surface area contributed by atoms with E-state index < -0.39 is 0 Å². The molecule has 0 bridgehead atoms. The molecule has 3 heteroatoms. The van der Waals surface area contributed by atoms with Crippen LogP contribution in [0.3, 0.4) is 0 Å². The van der Waals surface area contributed by atoms with Crippen LogP contribution in [-0.2, 0) is 4.74 Å². The zero-order valence-corrected chi connectivity index (χ0v) is 11.2. The first-order chi connectivity index (χ1) is 8.31. The van der Waals surface area contributed by atoms with Gasteiger partial charge in [0.05, 0.1) is 6.61 Å². The van der Waals surface area contributed by atoms with Crippen molar-refractivity contribution in [2.75, 3.05) is 33.4 Å². The highest BCUT2D eigenvalue weighted by Crippen LogP contribution is 2.29. The number of likely N-dealkylation sites (N-methyl/N-ethyl adjacent to an activating group) is 1. The van der Waals surface area contributed by atoms with Gasteiger partial charge in [-0.05, 0) is 51.1 Å². The lowest BCUT2D eigenvalue weighted by molar-refractivity contribution is 0.0681. The Morgan fingerprint density at radius 1 is 1.18 bits per heavy atom. The Labute approximate surface area is 106 Å². The van der Waals surface area contributed by atoms with Gasteiger partial charge in [0.1, 0.15) is 0 Å². The summed E-state index contributed by atoms with van der Waals surface area (Å²) in [6.07, 6.45) is 8.13. The largest absolute Gasteiger partial charge is 0.380 e. The predicted octanol–water partition coefficient (Wildman–Crippen LogP) is 1.86. The van der Waals surface area contributed by atoms with Crippen molar-refractivity contribution < 1.29 is 4.74 Å². The van der Waals surface area contributed by atoms with Crippen molar-refractivity contribution in [3.63, 3.8) is 0 Å². The molecule has 0 aromatic carbocycles. The zero-order valence-electron chi connectivity index (χ0n) is 11.2. The molecule has 0 radical (unpaired) electrons. The second kappa shape index (κ2) is 6.72. The van der Waals surface area contributed by atoms with E-state index in [2.05, 4.69) is 11.9 Å². The molecular formula is C14H28N2O. The minimum Gasteiger partial charge on any atom is -0.380 e. The molecule has 0 saturated heterocycles. The van der Waals surface area contributed by atoms with Crippen LogP contribution in [0.5, 0.6) is 0 Å². The normalized spacial score (nSPS) is 29.8. The molecule has 0 aromatic heterocycles. The molecule has 2 rings (SSSR count). The maximum absolute atomic E-state index is 5.88. The van der Waals surface area contributed by atoms with E-state index in [-0.39, 0.29) is 0 Å². The van der Waals surface area contributed by atoms with E-state index in [0.29, 0.717) is 12.0 Å². The first-order valence-electron chi connectivity index (χ1n) is 7.29. The molecule has 17 heavy (non-hydrogen) atoms. The highest BCUT2D eigenvalue weighted by Gasteiger charge is 2.27. The van der Waals surface area contributed by atoms with Gasteiger partial charge in [-0.25, -0.2) is 0 Å². The van der Waals surface area contributed by atoms with Crippen LogP contribution in [-0.4, -0.2) is 44.3 Å². The summed E-state index contributed by atoms with van der Waals surface area (Å²) in [6, 6.07) is 0.693. The van der Waals surface area contributed by atoms with Gasteiger partial charge in [-0.2, -0.15) is 0 Å². The molecule has 100 valence electrons. The minimum atomic E-state index is 0.693. The van der Waals surface area contributed by atoms with Crippen molar-refractivity contribution in [3.8, 4) is 0 Å². The third-order valence-electron chi connectivity index (χ3n) is 4.38. The van der Waals surface area contributed by atoms with E-state index in [0.717, 1.165) is 32.2 Å². The monoisotopic (exact) mass is 240 g/mol. The third-order valence-corrected chi connectivity index (χ3v) is 4.38. The first kappa shape index (κ1) is 13.3. The third kappa shape index (κ3) is 4.23. The average Bonchev–Trinajstić information content (AvgIpc) is 3.18. The van der Waals surface area contributed by atoms with E-state index in [4.69, 9.17) is 10.5 Å². The van der Waals surface area contributed by atoms with Gasteiger partial charge < -0.3 is 15.4 Å². The van der Waals surface area contributed by atoms with Crippen LogP contribution in [0.15, 0.2) is 0 Å². The molecule has 2 aliphatic carbocycles. The number of nitrogens with two attached hydrogens (primary N) is 1. The Hall–Kier alpha value is -0.120. The first-order valence-corrected chi connectivity index (χ1v) is 7.29.